The number of likely N-dealkylation sites (tertiary alicyclic amines) is 1. The predicted molar refractivity (Wildman–Crippen MR) is 111 cm³/mol. The van der Waals surface area contributed by atoms with Crippen molar-refractivity contribution in [1.82, 2.24) is 15.1 Å². The van der Waals surface area contributed by atoms with Crippen LogP contribution in [0.4, 0.5) is 10.5 Å². The average Bonchev–Trinajstić information content (AvgIpc) is 2.75. The van der Waals surface area contributed by atoms with E-state index < -0.39 is 0 Å². The summed E-state index contributed by atoms with van der Waals surface area (Å²) in [7, 11) is 1.69. The summed E-state index contributed by atoms with van der Waals surface area (Å²) in [5, 5.41) is 3.13. The molecule has 8 nitrogen and oxygen atoms in total. The van der Waals surface area contributed by atoms with Crippen molar-refractivity contribution in [3.63, 3.8) is 0 Å². The maximum absolute atomic E-state index is 12.5. The molecule has 1 N–H and O–H groups in total. The molecule has 2 amide bonds. The van der Waals surface area contributed by atoms with Gasteiger partial charge in [0.1, 0.15) is 5.75 Å². The molecule has 1 aromatic rings. The Bertz CT molecular complexity index is 683. The number of carbonyl (C=O) groups excluding carboxylic acids is 2. The van der Waals surface area contributed by atoms with Gasteiger partial charge in [0, 0.05) is 45.3 Å². The van der Waals surface area contributed by atoms with E-state index in [1.165, 1.54) is 0 Å². The molecular formula is C21H32N4O4. The zero-order valence-corrected chi connectivity index (χ0v) is 17.4. The van der Waals surface area contributed by atoms with E-state index in [0.717, 1.165) is 50.5 Å². The molecule has 2 aliphatic heterocycles. The van der Waals surface area contributed by atoms with Gasteiger partial charge in [-0.25, -0.2) is 4.79 Å². The van der Waals surface area contributed by atoms with Crippen LogP contribution < -0.4 is 15.0 Å². The Morgan fingerprint density at radius 3 is 2.41 bits per heavy atom. The highest BCUT2D eigenvalue weighted by atomic mass is 16.6. The van der Waals surface area contributed by atoms with Crippen molar-refractivity contribution in [2.45, 2.75) is 25.8 Å². The van der Waals surface area contributed by atoms with Crippen molar-refractivity contribution in [3.05, 3.63) is 24.3 Å². The molecule has 0 spiro atoms. The first kappa shape index (κ1) is 21.2. The predicted octanol–water partition coefficient (Wildman–Crippen LogP) is 1.55. The molecule has 0 bridgehead atoms. The average molecular weight is 405 g/mol. The molecular weight excluding hydrogens is 372 g/mol. The molecule has 0 atom stereocenters. The molecule has 2 fully saturated rings. The van der Waals surface area contributed by atoms with E-state index in [2.05, 4.69) is 21.2 Å². The number of para-hydroxylation sites is 2. The lowest BCUT2D eigenvalue weighted by Crippen LogP contribution is -2.52. The summed E-state index contributed by atoms with van der Waals surface area (Å²) in [6.07, 6.45) is 1.28. The van der Waals surface area contributed by atoms with Gasteiger partial charge in [-0.2, -0.15) is 0 Å². The second-order valence-electron chi connectivity index (χ2n) is 7.46. The summed E-state index contributed by atoms with van der Waals surface area (Å²) in [5.41, 5.74) is 1.10. The Morgan fingerprint density at radius 2 is 1.76 bits per heavy atom. The van der Waals surface area contributed by atoms with Gasteiger partial charge in [0.2, 0.25) is 5.91 Å². The van der Waals surface area contributed by atoms with Crippen LogP contribution in [-0.4, -0.2) is 87.4 Å². The van der Waals surface area contributed by atoms with Crippen LogP contribution >= 0.6 is 0 Å². The van der Waals surface area contributed by atoms with Crippen molar-refractivity contribution in [1.29, 1.82) is 0 Å². The monoisotopic (exact) mass is 404 g/mol. The van der Waals surface area contributed by atoms with E-state index in [0.29, 0.717) is 26.2 Å². The number of piperidine rings is 1. The van der Waals surface area contributed by atoms with Crippen LogP contribution in [0.3, 0.4) is 0 Å². The molecule has 8 heteroatoms. The number of hydrogen-bond donors (Lipinski definition) is 1. The highest BCUT2D eigenvalue weighted by Gasteiger charge is 2.26. The number of methoxy groups -OCH3 is 1. The third-order valence-electron chi connectivity index (χ3n) is 5.55. The van der Waals surface area contributed by atoms with Crippen LogP contribution in [0.5, 0.6) is 5.75 Å². The second kappa shape index (κ2) is 10.3. The normalized spacial score (nSPS) is 18.4. The number of benzene rings is 1. The third-order valence-corrected chi connectivity index (χ3v) is 5.55. The number of piperazine rings is 1. The smallest absolute Gasteiger partial charge is 0.409 e. The van der Waals surface area contributed by atoms with Crippen molar-refractivity contribution in [3.8, 4) is 5.75 Å². The molecule has 0 saturated carbocycles. The lowest BCUT2D eigenvalue weighted by Gasteiger charge is -2.37. The summed E-state index contributed by atoms with van der Waals surface area (Å²) in [6, 6.07) is 8.17. The number of hydrogen-bond acceptors (Lipinski definition) is 6. The topological polar surface area (TPSA) is 74.4 Å². The zero-order valence-electron chi connectivity index (χ0n) is 17.4. The molecule has 2 heterocycles. The fourth-order valence-corrected chi connectivity index (χ4v) is 3.94. The first-order valence-corrected chi connectivity index (χ1v) is 10.4. The summed E-state index contributed by atoms with van der Waals surface area (Å²) >= 11 is 0. The first-order chi connectivity index (χ1) is 14.1. The summed E-state index contributed by atoms with van der Waals surface area (Å²) in [5.74, 6) is 0.943. The second-order valence-corrected chi connectivity index (χ2v) is 7.46. The molecule has 0 aliphatic carbocycles. The van der Waals surface area contributed by atoms with Gasteiger partial charge >= 0.3 is 6.09 Å². The fourth-order valence-electron chi connectivity index (χ4n) is 3.94. The molecule has 1 aromatic carbocycles. The highest BCUT2D eigenvalue weighted by molar-refractivity contribution is 5.78. The Morgan fingerprint density at radius 1 is 1.07 bits per heavy atom. The van der Waals surface area contributed by atoms with Gasteiger partial charge in [-0.3, -0.25) is 9.69 Å². The molecule has 2 aliphatic rings. The van der Waals surface area contributed by atoms with Gasteiger partial charge in [-0.15, -0.1) is 0 Å². The summed E-state index contributed by atoms with van der Waals surface area (Å²) in [6.45, 7) is 7.28. The summed E-state index contributed by atoms with van der Waals surface area (Å²) < 4.78 is 10.5. The van der Waals surface area contributed by atoms with Gasteiger partial charge in [-0.1, -0.05) is 12.1 Å². The number of rotatable bonds is 6. The number of nitrogens with one attached hydrogen (secondary N) is 1. The van der Waals surface area contributed by atoms with E-state index in [9.17, 15) is 9.59 Å². The minimum absolute atomic E-state index is 0.0605. The number of amides is 2. The van der Waals surface area contributed by atoms with Crippen LogP contribution in [0.15, 0.2) is 24.3 Å². The lowest BCUT2D eigenvalue weighted by molar-refractivity contribution is -0.123. The van der Waals surface area contributed by atoms with Gasteiger partial charge in [0.05, 0.1) is 25.9 Å². The number of nitrogens with zero attached hydrogens (tertiary/aromatic N) is 3. The van der Waals surface area contributed by atoms with Crippen molar-refractivity contribution in [2.75, 3.05) is 64.4 Å². The molecule has 3 rings (SSSR count). The minimum Gasteiger partial charge on any atom is -0.495 e. The highest BCUT2D eigenvalue weighted by Crippen LogP contribution is 2.28. The van der Waals surface area contributed by atoms with E-state index in [4.69, 9.17) is 9.47 Å². The molecule has 2 saturated heterocycles. The zero-order chi connectivity index (χ0) is 20.6. The standard InChI is InChI=1S/C21H32N4O4/c1-3-29-21(27)25-10-8-17(9-11-25)22-20(26)16-23-12-14-24(15-13-23)18-6-4-5-7-19(18)28-2/h4-7,17H,3,8-16H2,1-2H3,(H,22,26). The number of carbonyl (C=O) groups is 2. The molecule has 0 unspecified atom stereocenters. The van der Waals surface area contributed by atoms with E-state index in [1.807, 2.05) is 18.2 Å². The Kier molecular flexibility index (Phi) is 7.57. The fraction of sp³-hybridized carbons (Fsp3) is 0.619. The Labute approximate surface area is 172 Å². The van der Waals surface area contributed by atoms with Crippen LogP contribution in [0, 0.1) is 0 Å². The van der Waals surface area contributed by atoms with Crippen LogP contribution in [0.25, 0.3) is 0 Å². The van der Waals surface area contributed by atoms with Crippen LogP contribution in [0.2, 0.25) is 0 Å². The lowest BCUT2D eigenvalue weighted by atomic mass is 10.1. The van der Waals surface area contributed by atoms with Gasteiger partial charge in [0.15, 0.2) is 0 Å². The Hall–Kier alpha value is -2.48. The largest absolute Gasteiger partial charge is 0.495 e. The molecule has 160 valence electrons. The molecule has 0 radical (unpaired) electrons. The summed E-state index contributed by atoms with van der Waals surface area (Å²) in [4.78, 5) is 30.4. The molecule has 29 heavy (non-hydrogen) atoms. The minimum atomic E-state index is -0.259. The van der Waals surface area contributed by atoms with Gasteiger partial charge < -0.3 is 24.6 Å². The maximum atomic E-state index is 12.5. The Balaban J connectivity index is 1.39. The SMILES string of the molecule is CCOC(=O)N1CCC(NC(=O)CN2CCN(c3ccccc3OC)CC2)CC1. The van der Waals surface area contributed by atoms with Crippen LogP contribution in [-0.2, 0) is 9.53 Å². The van der Waals surface area contributed by atoms with Crippen LogP contribution in [0.1, 0.15) is 19.8 Å². The van der Waals surface area contributed by atoms with E-state index in [1.54, 1.807) is 18.9 Å². The quantitative estimate of drug-likeness (QED) is 0.776. The number of ether oxygens (including phenoxy) is 2. The number of anilines is 1. The first-order valence-electron chi connectivity index (χ1n) is 10.4. The van der Waals surface area contributed by atoms with E-state index >= 15 is 0 Å². The van der Waals surface area contributed by atoms with E-state index in [-0.39, 0.29) is 18.0 Å². The molecule has 0 aromatic heterocycles. The van der Waals surface area contributed by atoms with Crippen molar-refractivity contribution < 1.29 is 19.1 Å². The van der Waals surface area contributed by atoms with Crippen molar-refractivity contribution in [2.24, 2.45) is 0 Å². The van der Waals surface area contributed by atoms with Crippen molar-refractivity contribution >= 4 is 17.7 Å². The third kappa shape index (κ3) is 5.76. The van der Waals surface area contributed by atoms with Gasteiger partial charge in [-0.05, 0) is 31.9 Å². The maximum Gasteiger partial charge on any atom is 0.409 e. The van der Waals surface area contributed by atoms with Gasteiger partial charge in [0.25, 0.3) is 0 Å².